The summed E-state index contributed by atoms with van der Waals surface area (Å²) in [6.07, 6.45) is 2.42. The molecular weight excluding hydrogens is 409 g/mol. The lowest BCUT2D eigenvalue weighted by atomic mass is 9.92. The van der Waals surface area contributed by atoms with Crippen molar-refractivity contribution in [3.05, 3.63) is 82.7 Å². The molecule has 1 saturated carbocycles. The Morgan fingerprint density at radius 1 is 1.03 bits per heavy atom. The number of carboxylic acids is 1. The number of rotatable bonds is 5. The van der Waals surface area contributed by atoms with Crippen LogP contribution >= 0.6 is 0 Å². The van der Waals surface area contributed by atoms with E-state index in [-0.39, 0.29) is 11.5 Å². The minimum atomic E-state index is -1.18. The van der Waals surface area contributed by atoms with Crippen molar-refractivity contribution in [3.8, 4) is 16.9 Å². The van der Waals surface area contributed by atoms with Crippen LogP contribution in [0.15, 0.2) is 54.6 Å². The number of nitrogens with one attached hydrogen (secondary N) is 1. The first-order chi connectivity index (χ1) is 15.4. The SMILES string of the molecule is Cc1ccc(NC(=O)C2(c3ccc4c(c3)CCO4)CC2)cc1-c1ccc(C(=O)O)cc1F. The van der Waals surface area contributed by atoms with Crippen LogP contribution in [0.4, 0.5) is 10.1 Å². The number of aryl methyl sites for hydroxylation is 1. The summed E-state index contributed by atoms with van der Waals surface area (Å²) in [5, 5.41) is 12.1. The predicted octanol–water partition coefficient (Wildman–Crippen LogP) is 5.10. The summed E-state index contributed by atoms with van der Waals surface area (Å²) in [6.45, 7) is 2.52. The van der Waals surface area contributed by atoms with Gasteiger partial charge in [0.15, 0.2) is 0 Å². The summed E-state index contributed by atoms with van der Waals surface area (Å²) in [5.74, 6) is -0.978. The molecule has 0 spiro atoms. The Bertz CT molecular complexity index is 1260. The Labute approximate surface area is 184 Å². The first-order valence-corrected chi connectivity index (χ1v) is 10.6. The first kappa shape index (κ1) is 20.2. The maximum absolute atomic E-state index is 14.6. The number of amides is 1. The number of ether oxygens (including phenoxy) is 1. The van der Waals surface area contributed by atoms with Crippen LogP contribution in [0.2, 0.25) is 0 Å². The third-order valence-corrected chi connectivity index (χ3v) is 6.43. The Balaban J connectivity index is 1.42. The lowest BCUT2D eigenvalue weighted by molar-refractivity contribution is -0.118. The molecule has 0 radical (unpaired) electrons. The Morgan fingerprint density at radius 3 is 2.56 bits per heavy atom. The smallest absolute Gasteiger partial charge is 0.335 e. The van der Waals surface area contributed by atoms with Gasteiger partial charge < -0.3 is 15.2 Å². The number of carboxylic acid groups (broad SMARTS) is 1. The lowest BCUT2D eigenvalue weighted by Gasteiger charge is -2.18. The zero-order valence-corrected chi connectivity index (χ0v) is 17.6. The molecule has 3 aromatic rings. The molecule has 1 amide bonds. The molecule has 0 unspecified atom stereocenters. The van der Waals surface area contributed by atoms with Crippen LogP contribution in [0.25, 0.3) is 11.1 Å². The van der Waals surface area contributed by atoms with Crippen LogP contribution in [0, 0.1) is 12.7 Å². The topological polar surface area (TPSA) is 75.6 Å². The molecule has 1 fully saturated rings. The second-order valence-electron chi connectivity index (χ2n) is 8.49. The van der Waals surface area contributed by atoms with E-state index in [1.807, 2.05) is 25.1 Å². The fourth-order valence-electron chi connectivity index (χ4n) is 4.36. The zero-order chi connectivity index (χ0) is 22.5. The number of benzene rings is 3. The largest absolute Gasteiger partial charge is 0.493 e. The molecule has 2 N–H and O–H groups in total. The summed E-state index contributed by atoms with van der Waals surface area (Å²) >= 11 is 0. The van der Waals surface area contributed by atoms with Crippen LogP contribution in [0.5, 0.6) is 5.75 Å². The van der Waals surface area contributed by atoms with E-state index in [4.69, 9.17) is 9.84 Å². The Hall–Kier alpha value is -3.67. The molecule has 0 atom stereocenters. The number of hydrogen-bond donors (Lipinski definition) is 2. The van der Waals surface area contributed by atoms with Gasteiger partial charge in [-0.15, -0.1) is 0 Å². The number of carbonyl (C=O) groups is 2. The van der Waals surface area contributed by atoms with E-state index < -0.39 is 17.2 Å². The van der Waals surface area contributed by atoms with Crippen LogP contribution in [0.3, 0.4) is 0 Å². The fourth-order valence-corrected chi connectivity index (χ4v) is 4.36. The molecule has 0 bridgehead atoms. The maximum Gasteiger partial charge on any atom is 0.335 e. The summed E-state index contributed by atoms with van der Waals surface area (Å²) in [6, 6.07) is 15.2. The molecule has 3 aromatic carbocycles. The van der Waals surface area contributed by atoms with Gasteiger partial charge in [-0.05, 0) is 72.4 Å². The molecule has 1 aliphatic heterocycles. The molecular formula is C26H22FNO4. The molecule has 162 valence electrons. The van der Waals surface area contributed by atoms with Crippen molar-refractivity contribution >= 4 is 17.6 Å². The zero-order valence-electron chi connectivity index (χ0n) is 17.6. The van der Waals surface area contributed by atoms with E-state index in [9.17, 15) is 14.0 Å². The second-order valence-corrected chi connectivity index (χ2v) is 8.49. The quantitative estimate of drug-likeness (QED) is 0.589. The minimum Gasteiger partial charge on any atom is -0.493 e. The molecule has 32 heavy (non-hydrogen) atoms. The van der Waals surface area contributed by atoms with Crippen molar-refractivity contribution in [2.75, 3.05) is 11.9 Å². The van der Waals surface area contributed by atoms with E-state index in [0.29, 0.717) is 23.4 Å². The van der Waals surface area contributed by atoms with Crippen molar-refractivity contribution in [3.63, 3.8) is 0 Å². The predicted molar refractivity (Wildman–Crippen MR) is 119 cm³/mol. The second kappa shape index (κ2) is 7.48. The molecule has 0 saturated heterocycles. The maximum atomic E-state index is 14.6. The van der Waals surface area contributed by atoms with Crippen molar-refractivity contribution in [2.24, 2.45) is 0 Å². The third kappa shape index (κ3) is 3.42. The van der Waals surface area contributed by atoms with Crippen LogP contribution in [-0.4, -0.2) is 23.6 Å². The number of anilines is 1. The number of hydrogen-bond acceptors (Lipinski definition) is 3. The van der Waals surface area contributed by atoms with Gasteiger partial charge in [-0.3, -0.25) is 4.79 Å². The lowest BCUT2D eigenvalue weighted by Crippen LogP contribution is -2.27. The van der Waals surface area contributed by atoms with Gasteiger partial charge in [-0.2, -0.15) is 0 Å². The van der Waals surface area contributed by atoms with Crippen LogP contribution in [-0.2, 0) is 16.6 Å². The average Bonchev–Trinajstić information content (AvgIpc) is 3.46. The summed E-state index contributed by atoms with van der Waals surface area (Å²) in [4.78, 5) is 24.3. The van der Waals surface area contributed by atoms with Crippen molar-refractivity contribution in [2.45, 2.75) is 31.6 Å². The third-order valence-electron chi connectivity index (χ3n) is 6.43. The monoisotopic (exact) mass is 431 g/mol. The molecule has 5 nitrogen and oxygen atoms in total. The fraction of sp³-hybridized carbons (Fsp3) is 0.231. The van der Waals surface area contributed by atoms with Gasteiger partial charge in [-0.25, -0.2) is 9.18 Å². The highest BCUT2D eigenvalue weighted by atomic mass is 19.1. The Kier molecular flexibility index (Phi) is 4.73. The van der Waals surface area contributed by atoms with E-state index in [1.165, 1.54) is 12.1 Å². The molecule has 2 aliphatic rings. The van der Waals surface area contributed by atoms with Gasteiger partial charge in [0.2, 0.25) is 5.91 Å². The van der Waals surface area contributed by atoms with Crippen molar-refractivity contribution in [1.82, 2.24) is 0 Å². The van der Waals surface area contributed by atoms with E-state index in [1.54, 1.807) is 12.1 Å². The van der Waals surface area contributed by atoms with Crippen molar-refractivity contribution < 1.29 is 23.8 Å². The minimum absolute atomic E-state index is 0.0761. The van der Waals surface area contributed by atoms with E-state index in [2.05, 4.69) is 11.4 Å². The summed E-state index contributed by atoms with van der Waals surface area (Å²) in [7, 11) is 0. The van der Waals surface area contributed by atoms with Gasteiger partial charge in [0.1, 0.15) is 11.6 Å². The van der Waals surface area contributed by atoms with Crippen molar-refractivity contribution in [1.29, 1.82) is 0 Å². The molecule has 1 heterocycles. The first-order valence-electron chi connectivity index (χ1n) is 10.6. The molecule has 0 aromatic heterocycles. The van der Waals surface area contributed by atoms with Gasteiger partial charge in [0.25, 0.3) is 0 Å². The van der Waals surface area contributed by atoms with Gasteiger partial charge >= 0.3 is 5.97 Å². The number of aromatic carboxylic acids is 1. The molecule has 6 heteroatoms. The summed E-state index contributed by atoms with van der Waals surface area (Å²) < 4.78 is 20.2. The van der Waals surface area contributed by atoms with Gasteiger partial charge in [-0.1, -0.05) is 24.3 Å². The highest BCUT2D eigenvalue weighted by molar-refractivity contribution is 6.02. The van der Waals surface area contributed by atoms with E-state index >= 15 is 0 Å². The van der Waals surface area contributed by atoms with Gasteiger partial charge in [0, 0.05) is 17.7 Å². The Morgan fingerprint density at radius 2 is 1.84 bits per heavy atom. The average molecular weight is 431 g/mol. The number of carbonyl (C=O) groups excluding carboxylic acids is 1. The summed E-state index contributed by atoms with van der Waals surface area (Å²) in [5.41, 5.74) is 3.79. The van der Waals surface area contributed by atoms with Crippen LogP contribution < -0.4 is 10.1 Å². The highest BCUT2D eigenvalue weighted by Crippen LogP contribution is 2.50. The standard InChI is InChI=1S/C26H22FNO4/c1-15-2-5-19(14-21(15)20-6-3-17(24(29)30)13-22(20)27)28-25(31)26(9-10-26)18-4-7-23-16(12-18)8-11-32-23/h2-7,12-14H,8-11H2,1H3,(H,28,31)(H,29,30). The molecule has 5 rings (SSSR count). The van der Waals surface area contributed by atoms with E-state index in [0.717, 1.165) is 47.8 Å². The highest BCUT2D eigenvalue weighted by Gasteiger charge is 2.51. The normalized spacial score (nSPS) is 15.6. The molecule has 1 aliphatic carbocycles. The van der Waals surface area contributed by atoms with Gasteiger partial charge in [0.05, 0.1) is 17.6 Å². The number of fused-ring (bicyclic) bond motifs is 1. The number of halogens is 1. The van der Waals surface area contributed by atoms with Crippen LogP contribution in [0.1, 0.15) is 39.9 Å².